The molecule has 1 aromatic carbocycles. The summed E-state index contributed by atoms with van der Waals surface area (Å²) in [5, 5.41) is 3.93. The van der Waals surface area contributed by atoms with Gasteiger partial charge >= 0.3 is 0 Å². The van der Waals surface area contributed by atoms with E-state index in [1.165, 1.54) is 0 Å². The van der Waals surface area contributed by atoms with Crippen molar-refractivity contribution in [3.05, 3.63) is 30.2 Å². The Morgan fingerprint density at radius 2 is 2.11 bits per heavy atom. The van der Waals surface area contributed by atoms with Gasteiger partial charge in [-0.3, -0.25) is 0 Å². The maximum Gasteiger partial charge on any atom is 0.228 e. The second-order valence-electron chi connectivity index (χ2n) is 3.89. The topological polar surface area (TPSA) is 74.2 Å². The molecule has 0 radical (unpaired) electrons. The molecule has 0 bridgehead atoms. The molecular formula is C12H16ClN3O2. The molecule has 0 fully saturated rings. The number of methoxy groups -OCH3 is 1. The summed E-state index contributed by atoms with van der Waals surface area (Å²) in [6.45, 7) is 1.90. The maximum atomic E-state index is 5.68. The second kappa shape index (κ2) is 6.37. The van der Waals surface area contributed by atoms with Crippen LogP contribution in [-0.2, 0) is 6.42 Å². The van der Waals surface area contributed by atoms with E-state index in [2.05, 4.69) is 10.1 Å². The van der Waals surface area contributed by atoms with Crippen LogP contribution in [0.3, 0.4) is 0 Å². The fourth-order valence-electron chi connectivity index (χ4n) is 1.55. The Bertz CT molecular complexity index is 500. The zero-order valence-electron chi connectivity index (χ0n) is 10.3. The lowest BCUT2D eigenvalue weighted by Crippen LogP contribution is -2.17. The van der Waals surface area contributed by atoms with Gasteiger partial charge in [-0.15, -0.1) is 12.4 Å². The van der Waals surface area contributed by atoms with Crippen LogP contribution in [0.1, 0.15) is 12.8 Å². The van der Waals surface area contributed by atoms with E-state index in [-0.39, 0.29) is 18.4 Å². The molecule has 0 amide bonds. The van der Waals surface area contributed by atoms with Crippen LogP contribution in [0.15, 0.2) is 28.8 Å². The fraction of sp³-hybridized carbons (Fsp3) is 0.333. The van der Waals surface area contributed by atoms with E-state index >= 15 is 0 Å². The normalized spacial score (nSPS) is 11.7. The van der Waals surface area contributed by atoms with Crippen molar-refractivity contribution in [2.24, 2.45) is 5.73 Å². The van der Waals surface area contributed by atoms with Gasteiger partial charge in [0.1, 0.15) is 5.75 Å². The zero-order chi connectivity index (χ0) is 12.3. The van der Waals surface area contributed by atoms with Crippen LogP contribution in [0, 0.1) is 0 Å². The van der Waals surface area contributed by atoms with Gasteiger partial charge in [-0.1, -0.05) is 17.3 Å². The molecule has 0 aliphatic rings. The van der Waals surface area contributed by atoms with Crippen molar-refractivity contribution in [1.29, 1.82) is 0 Å². The van der Waals surface area contributed by atoms with E-state index in [1.807, 2.05) is 31.2 Å². The third-order valence-electron chi connectivity index (χ3n) is 2.31. The monoisotopic (exact) mass is 269 g/mol. The number of benzene rings is 1. The number of aromatic nitrogens is 2. The second-order valence-corrected chi connectivity index (χ2v) is 3.89. The van der Waals surface area contributed by atoms with Gasteiger partial charge in [0.05, 0.1) is 12.7 Å². The number of hydrogen-bond acceptors (Lipinski definition) is 5. The van der Waals surface area contributed by atoms with Crippen LogP contribution >= 0.6 is 12.4 Å². The average Bonchev–Trinajstić information content (AvgIpc) is 2.76. The molecular weight excluding hydrogens is 254 g/mol. The predicted molar refractivity (Wildman–Crippen MR) is 70.9 cm³/mol. The highest BCUT2D eigenvalue weighted by Crippen LogP contribution is 2.27. The molecule has 2 aromatic rings. The summed E-state index contributed by atoms with van der Waals surface area (Å²) in [5.74, 6) is 1.79. The highest BCUT2D eigenvalue weighted by atomic mass is 35.5. The van der Waals surface area contributed by atoms with Crippen molar-refractivity contribution in [3.8, 4) is 17.1 Å². The first-order chi connectivity index (χ1) is 8.20. The van der Waals surface area contributed by atoms with Crippen molar-refractivity contribution in [3.63, 3.8) is 0 Å². The van der Waals surface area contributed by atoms with Crippen LogP contribution in [-0.4, -0.2) is 23.3 Å². The largest absolute Gasteiger partial charge is 0.496 e. The van der Waals surface area contributed by atoms with Gasteiger partial charge in [-0.05, 0) is 19.1 Å². The number of hydrogen-bond donors (Lipinski definition) is 1. The number of nitrogens with zero attached hydrogens (tertiary/aromatic N) is 2. The quantitative estimate of drug-likeness (QED) is 0.920. The fourth-order valence-corrected chi connectivity index (χ4v) is 1.55. The van der Waals surface area contributed by atoms with Crippen molar-refractivity contribution >= 4 is 12.4 Å². The lowest BCUT2D eigenvalue weighted by Gasteiger charge is -2.03. The van der Waals surface area contributed by atoms with E-state index in [9.17, 15) is 0 Å². The Balaban J connectivity index is 0.00000162. The highest BCUT2D eigenvalue weighted by Gasteiger charge is 2.13. The third kappa shape index (κ3) is 3.21. The van der Waals surface area contributed by atoms with Crippen LogP contribution in [0.25, 0.3) is 11.4 Å². The SMILES string of the molecule is COc1ccccc1-c1noc(CC(C)N)n1.Cl. The molecule has 5 nitrogen and oxygen atoms in total. The number of para-hydroxylation sites is 1. The summed E-state index contributed by atoms with van der Waals surface area (Å²) in [6, 6.07) is 7.54. The average molecular weight is 270 g/mol. The summed E-state index contributed by atoms with van der Waals surface area (Å²) in [5.41, 5.74) is 6.49. The minimum Gasteiger partial charge on any atom is -0.496 e. The Morgan fingerprint density at radius 1 is 1.39 bits per heavy atom. The maximum absolute atomic E-state index is 5.68. The first-order valence-corrected chi connectivity index (χ1v) is 5.42. The van der Waals surface area contributed by atoms with Crippen LogP contribution < -0.4 is 10.5 Å². The molecule has 1 aromatic heterocycles. The number of nitrogens with two attached hydrogens (primary N) is 1. The van der Waals surface area contributed by atoms with E-state index in [4.69, 9.17) is 15.0 Å². The van der Waals surface area contributed by atoms with Gasteiger partial charge in [0.2, 0.25) is 11.7 Å². The highest BCUT2D eigenvalue weighted by molar-refractivity contribution is 5.85. The molecule has 98 valence electrons. The van der Waals surface area contributed by atoms with Gasteiger partial charge in [0, 0.05) is 12.5 Å². The molecule has 2 N–H and O–H groups in total. The van der Waals surface area contributed by atoms with Gasteiger partial charge in [0.15, 0.2) is 0 Å². The molecule has 0 aliphatic heterocycles. The Labute approximate surface area is 112 Å². The summed E-state index contributed by atoms with van der Waals surface area (Å²) in [4.78, 5) is 4.29. The lowest BCUT2D eigenvalue weighted by molar-refractivity contribution is 0.371. The lowest BCUT2D eigenvalue weighted by atomic mass is 10.2. The van der Waals surface area contributed by atoms with Crippen molar-refractivity contribution in [1.82, 2.24) is 10.1 Å². The van der Waals surface area contributed by atoms with Crippen molar-refractivity contribution in [2.45, 2.75) is 19.4 Å². The Hall–Kier alpha value is -1.59. The van der Waals surface area contributed by atoms with Crippen molar-refractivity contribution in [2.75, 3.05) is 7.11 Å². The molecule has 0 spiro atoms. The molecule has 0 aliphatic carbocycles. The summed E-state index contributed by atoms with van der Waals surface area (Å²) >= 11 is 0. The smallest absolute Gasteiger partial charge is 0.228 e. The van der Waals surface area contributed by atoms with E-state index in [1.54, 1.807) is 7.11 Å². The Morgan fingerprint density at radius 3 is 2.78 bits per heavy atom. The number of halogens is 1. The summed E-state index contributed by atoms with van der Waals surface area (Å²) in [7, 11) is 1.61. The molecule has 1 unspecified atom stereocenters. The van der Waals surface area contributed by atoms with Crippen molar-refractivity contribution < 1.29 is 9.26 Å². The standard InChI is InChI=1S/C12H15N3O2.ClH/c1-8(13)7-11-14-12(15-17-11)9-5-3-4-6-10(9)16-2;/h3-6,8H,7,13H2,1-2H3;1H. The zero-order valence-corrected chi connectivity index (χ0v) is 11.1. The molecule has 18 heavy (non-hydrogen) atoms. The summed E-state index contributed by atoms with van der Waals surface area (Å²) < 4.78 is 10.4. The van der Waals surface area contributed by atoms with E-state index in [0.29, 0.717) is 18.1 Å². The summed E-state index contributed by atoms with van der Waals surface area (Å²) in [6.07, 6.45) is 0.572. The molecule has 6 heteroatoms. The Kier molecular flexibility index (Phi) is 5.12. The molecule has 1 heterocycles. The first kappa shape index (κ1) is 14.5. The van der Waals surface area contributed by atoms with Crippen LogP contribution in [0.2, 0.25) is 0 Å². The minimum absolute atomic E-state index is 0. The number of ether oxygens (including phenoxy) is 1. The predicted octanol–water partition coefficient (Wildman–Crippen LogP) is 2.06. The molecule has 0 saturated carbocycles. The molecule has 2 rings (SSSR count). The molecule has 0 saturated heterocycles. The third-order valence-corrected chi connectivity index (χ3v) is 2.31. The minimum atomic E-state index is 0. The van der Waals surface area contributed by atoms with Gasteiger partial charge in [-0.25, -0.2) is 0 Å². The van der Waals surface area contributed by atoms with Gasteiger partial charge in [0.25, 0.3) is 0 Å². The van der Waals surface area contributed by atoms with E-state index < -0.39 is 0 Å². The molecule has 1 atom stereocenters. The number of rotatable bonds is 4. The van der Waals surface area contributed by atoms with Gasteiger partial charge < -0.3 is 15.0 Å². The van der Waals surface area contributed by atoms with Gasteiger partial charge in [-0.2, -0.15) is 4.98 Å². The van der Waals surface area contributed by atoms with E-state index in [0.717, 1.165) is 11.3 Å². The first-order valence-electron chi connectivity index (χ1n) is 5.42. The van der Waals surface area contributed by atoms with Crippen LogP contribution in [0.5, 0.6) is 5.75 Å². The van der Waals surface area contributed by atoms with Crippen LogP contribution in [0.4, 0.5) is 0 Å².